The van der Waals surface area contributed by atoms with Gasteiger partial charge in [-0.1, -0.05) is 48.0 Å². The third-order valence-electron chi connectivity index (χ3n) is 3.56. The van der Waals surface area contributed by atoms with Crippen LogP contribution in [-0.2, 0) is 21.4 Å². The molecule has 0 spiro atoms. The summed E-state index contributed by atoms with van der Waals surface area (Å²) in [6.07, 6.45) is 0.292. The van der Waals surface area contributed by atoms with Gasteiger partial charge in [0.25, 0.3) is 0 Å². The van der Waals surface area contributed by atoms with Crippen LogP contribution in [0.3, 0.4) is 0 Å². The molecule has 0 amide bonds. The van der Waals surface area contributed by atoms with E-state index in [1.807, 2.05) is 37.3 Å². The first-order chi connectivity index (χ1) is 11.5. The van der Waals surface area contributed by atoms with Crippen LogP contribution in [0, 0.1) is 6.92 Å². The van der Waals surface area contributed by atoms with E-state index in [2.05, 4.69) is 4.72 Å². The molecule has 0 aliphatic carbocycles. The predicted molar refractivity (Wildman–Crippen MR) is 93.1 cm³/mol. The number of rotatable bonds is 9. The molecular formula is C18H23NO4S. The number of hydrogen-bond acceptors (Lipinski definition) is 4. The fourth-order valence-corrected chi connectivity index (χ4v) is 3.49. The molecule has 0 saturated carbocycles. The number of hydrogen-bond donors (Lipinski definition) is 2. The van der Waals surface area contributed by atoms with Crippen molar-refractivity contribution in [1.82, 2.24) is 4.72 Å². The van der Waals surface area contributed by atoms with E-state index >= 15 is 0 Å². The van der Waals surface area contributed by atoms with Crippen LogP contribution >= 0.6 is 0 Å². The molecule has 130 valence electrons. The van der Waals surface area contributed by atoms with Gasteiger partial charge in [0.05, 0.1) is 18.1 Å². The second kappa shape index (κ2) is 8.94. The zero-order valence-electron chi connectivity index (χ0n) is 13.7. The minimum atomic E-state index is -3.63. The molecule has 5 nitrogen and oxygen atoms in total. The van der Waals surface area contributed by atoms with Crippen LogP contribution in [0.2, 0.25) is 0 Å². The van der Waals surface area contributed by atoms with Gasteiger partial charge in [0.1, 0.15) is 0 Å². The normalized spacial score (nSPS) is 12.9. The van der Waals surface area contributed by atoms with Crippen LogP contribution in [0.4, 0.5) is 0 Å². The number of benzene rings is 2. The van der Waals surface area contributed by atoms with Gasteiger partial charge in [-0.15, -0.1) is 0 Å². The number of aliphatic hydroxyl groups is 1. The first-order valence-corrected chi connectivity index (χ1v) is 9.31. The Kier molecular flexibility index (Phi) is 6.93. The van der Waals surface area contributed by atoms with Gasteiger partial charge in [0, 0.05) is 12.6 Å². The Bertz CT molecular complexity index is 714. The SMILES string of the molecule is Cc1ccc(S(=O)(=O)N[C@@H](CCO)COCc2ccccc2)cc1. The average Bonchev–Trinajstić information content (AvgIpc) is 2.56. The van der Waals surface area contributed by atoms with Crippen LogP contribution in [-0.4, -0.2) is 32.8 Å². The maximum absolute atomic E-state index is 12.4. The summed E-state index contributed by atoms with van der Waals surface area (Å²) in [6.45, 7) is 2.38. The number of nitrogens with one attached hydrogen (secondary N) is 1. The molecular weight excluding hydrogens is 326 g/mol. The van der Waals surface area contributed by atoms with Crippen molar-refractivity contribution in [1.29, 1.82) is 0 Å². The van der Waals surface area contributed by atoms with Crippen molar-refractivity contribution < 1.29 is 18.3 Å². The molecule has 2 N–H and O–H groups in total. The molecule has 0 aromatic heterocycles. The summed E-state index contributed by atoms with van der Waals surface area (Å²) in [5, 5.41) is 9.17. The molecule has 0 fully saturated rings. The molecule has 0 saturated heterocycles. The third kappa shape index (κ3) is 5.72. The molecule has 0 heterocycles. The van der Waals surface area contributed by atoms with Crippen LogP contribution in [0.1, 0.15) is 17.5 Å². The molecule has 24 heavy (non-hydrogen) atoms. The van der Waals surface area contributed by atoms with Crippen molar-refractivity contribution in [2.75, 3.05) is 13.2 Å². The summed E-state index contributed by atoms with van der Waals surface area (Å²) in [7, 11) is -3.63. The van der Waals surface area contributed by atoms with E-state index in [0.717, 1.165) is 11.1 Å². The number of aryl methyl sites for hydroxylation is 1. The van der Waals surface area contributed by atoms with E-state index < -0.39 is 16.1 Å². The Balaban J connectivity index is 1.95. The summed E-state index contributed by atoms with van der Waals surface area (Å²) >= 11 is 0. The van der Waals surface area contributed by atoms with Crippen LogP contribution in [0.25, 0.3) is 0 Å². The Hall–Kier alpha value is -1.73. The number of ether oxygens (including phenoxy) is 1. The van der Waals surface area contributed by atoms with Crippen molar-refractivity contribution in [3.8, 4) is 0 Å². The maximum atomic E-state index is 12.4. The van der Waals surface area contributed by atoms with Crippen molar-refractivity contribution in [3.63, 3.8) is 0 Å². The molecule has 6 heteroatoms. The molecule has 0 radical (unpaired) electrons. The molecule has 2 rings (SSSR count). The second-order valence-electron chi connectivity index (χ2n) is 5.64. The molecule has 2 aromatic rings. The van der Waals surface area contributed by atoms with Gasteiger partial charge in [-0.3, -0.25) is 0 Å². The van der Waals surface area contributed by atoms with Gasteiger partial charge in [-0.05, 0) is 31.0 Å². The lowest BCUT2D eigenvalue weighted by Crippen LogP contribution is -2.38. The minimum absolute atomic E-state index is 0.115. The summed E-state index contributed by atoms with van der Waals surface area (Å²) in [6, 6.07) is 15.8. The van der Waals surface area contributed by atoms with E-state index in [1.165, 1.54) is 0 Å². The van der Waals surface area contributed by atoms with Crippen molar-refractivity contribution >= 4 is 10.0 Å². The lowest BCUT2D eigenvalue weighted by atomic mass is 10.2. The molecule has 0 bridgehead atoms. The topological polar surface area (TPSA) is 75.6 Å². The van der Waals surface area contributed by atoms with Gasteiger partial charge in [0.15, 0.2) is 0 Å². The number of sulfonamides is 1. The maximum Gasteiger partial charge on any atom is 0.240 e. The molecule has 0 aliphatic heterocycles. The minimum Gasteiger partial charge on any atom is -0.396 e. The Labute approximate surface area is 143 Å². The second-order valence-corrected chi connectivity index (χ2v) is 7.36. The lowest BCUT2D eigenvalue weighted by Gasteiger charge is -2.18. The highest BCUT2D eigenvalue weighted by molar-refractivity contribution is 7.89. The van der Waals surface area contributed by atoms with E-state index in [1.54, 1.807) is 24.3 Å². The van der Waals surface area contributed by atoms with Crippen molar-refractivity contribution in [2.24, 2.45) is 0 Å². The fourth-order valence-electron chi connectivity index (χ4n) is 2.23. The van der Waals surface area contributed by atoms with E-state index in [9.17, 15) is 8.42 Å². The summed E-state index contributed by atoms with van der Waals surface area (Å²) in [5.41, 5.74) is 2.01. The monoisotopic (exact) mass is 349 g/mol. The quantitative estimate of drug-likeness (QED) is 0.728. The molecule has 0 aliphatic rings. The zero-order valence-corrected chi connectivity index (χ0v) is 14.5. The van der Waals surface area contributed by atoms with Crippen LogP contribution in [0.5, 0.6) is 0 Å². The summed E-state index contributed by atoms with van der Waals surface area (Å²) in [5.74, 6) is 0. The molecule has 1 atom stereocenters. The Morgan fingerprint density at radius 2 is 1.75 bits per heavy atom. The van der Waals surface area contributed by atoms with E-state index in [-0.39, 0.29) is 18.1 Å². The van der Waals surface area contributed by atoms with Gasteiger partial charge in [-0.25, -0.2) is 13.1 Å². The first kappa shape index (κ1) is 18.6. The average molecular weight is 349 g/mol. The van der Waals surface area contributed by atoms with Gasteiger partial charge < -0.3 is 9.84 Å². The van der Waals surface area contributed by atoms with E-state index in [0.29, 0.717) is 13.0 Å². The van der Waals surface area contributed by atoms with Gasteiger partial charge >= 0.3 is 0 Å². The smallest absolute Gasteiger partial charge is 0.240 e. The van der Waals surface area contributed by atoms with Crippen molar-refractivity contribution in [3.05, 3.63) is 65.7 Å². The number of aliphatic hydroxyl groups excluding tert-OH is 1. The highest BCUT2D eigenvalue weighted by Crippen LogP contribution is 2.12. The fraction of sp³-hybridized carbons (Fsp3) is 0.333. The van der Waals surface area contributed by atoms with Gasteiger partial charge in [0.2, 0.25) is 10.0 Å². The zero-order chi connectivity index (χ0) is 17.4. The molecule has 2 aromatic carbocycles. The highest BCUT2D eigenvalue weighted by atomic mass is 32.2. The van der Waals surface area contributed by atoms with Crippen molar-refractivity contribution in [2.45, 2.75) is 30.9 Å². The summed E-state index contributed by atoms with van der Waals surface area (Å²) in [4.78, 5) is 0.207. The highest BCUT2D eigenvalue weighted by Gasteiger charge is 2.20. The van der Waals surface area contributed by atoms with Gasteiger partial charge in [-0.2, -0.15) is 0 Å². The predicted octanol–water partition coefficient (Wildman–Crippen LogP) is 2.24. The Morgan fingerprint density at radius 1 is 1.08 bits per heavy atom. The standard InChI is InChI=1S/C18H23NO4S/c1-15-7-9-18(10-8-15)24(21,22)19-17(11-12-20)14-23-13-16-5-3-2-4-6-16/h2-10,17,19-20H,11-14H2,1H3/t17-/m0/s1. The first-order valence-electron chi connectivity index (χ1n) is 7.83. The summed E-state index contributed by atoms with van der Waals surface area (Å²) < 4.78 is 33.0. The molecule has 0 unspecified atom stereocenters. The van der Waals surface area contributed by atoms with Crippen LogP contribution in [0.15, 0.2) is 59.5 Å². The third-order valence-corrected chi connectivity index (χ3v) is 5.10. The van der Waals surface area contributed by atoms with Crippen LogP contribution < -0.4 is 4.72 Å². The Morgan fingerprint density at radius 3 is 2.38 bits per heavy atom. The van der Waals surface area contributed by atoms with E-state index in [4.69, 9.17) is 9.84 Å². The largest absolute Gasteiger partial charge is 0.396 e. The lowest BCUT2D eigenvalue weighted by molar-refractivity contribution is 0.0961.